The molecule has 0 aromatic rings. The highest BCUT2D eigenvalue weighted by molar-refractivity contribution is 6.53. The van der Waals surface area contributed by atoms with Gasteiger partial charge in [-0.25, -0.2) is 0 Å². The van der Waals surface area contributed by atoms with Crippen LogP contribution >= 0.6 is 0 Å². The lowest BCUT2D eigenvalue weighted by Crippen LogP contribution is -2.48. The summed E-state index contributed by atoms with van der Waals surface area (Å²) in [6, 6.07) is 1.30. The molecule has 0 heterocycles. The van der Waals surface area contributed by atoms with Crippen molar-refractivity contribution < 1.29 is 0 Å². The Balaban J connectivity index is 3.48. The minimum absolute atomic E-state index is 0.832. The van der Waals surface area contributed by atoms with E-state index >= 15 is 0 Å². The maximum Gasteiger partial charge on any atom is 0.185 e. The number of hydrogen-bond acceptors (Lipinski definition) is 3. The second-order valence-electron chi connectivity index (χ2n) is 3.26. The molecule has 4 heteroatoms. The van der Waals surface area contributed by atoms with Crippen molar-refractivity contribution in [3.05, 3.63) is 0 Å². The van der Waals surface area contributed by atoms with Gasteiger partial charge in [0, 0.05) is 0 Å². The summed E-state index contributed by atoms with van der Waals surface area (Å²) in [5, 5.41) is 0. The summed E-state index contributed by atoms with van der Waals surface area (Å²) in [6.07, 6.45) is 0. The smallest absolute Gasteiger partial charge is 0.185 e. The Kier molecular flexibility index (Phi) is 7.79. The highest BCUT2D eigenvalue weighted by Crippen LogP contribution is 1.87. The van der Waals surface area contributed by atoms with Crippen molar-refractivity contribution in [2.24, 2.45) is 0 Å². The molecule has 2 N–H and O–H groups in total. The van der Waals surface area contributed by atoms with Gasteiger partial charge in [-0.1, -0.05) is 13.8 Å². The molecule has 0 fully saturated rings. The van der Waals surface area contributed by atoms with Crippen LogP contribution in [0.2, 0.25) is 6.04 Å². The summed E-state index contributed by atoms with van der Waals surface area (Å²) in [6.45, 7) is 7.73. The Morgan fingerprint density at radius 2 is 1.58 bits per heavy atom. The topological polar surface area (TPSA) is 27.3 Å². The first kappa shape index (κ1) is 12.1. The third kappa shape index (κ3) is 6.79. The minimum atomic E-state index is -0.832. The Morgan fingerprint density at radius 1 is 1.08 bits per heavy atom. The molecular weight excluding hydrogens is 166 g/mol. The van der Waals surface area contributed by atoms with E-state index < -0.39 is 9.12 Å². The largest absolute Gasteiger partial charge is 0.328 e. The molecule has 0 saturated carbocycles. The van der Waals surface area contributed by atoms with Gasteiger partial charge in [-0.2, -0.15) is 0 Å². The molecule has 0 aliphatic carbocycles. The molecule has 0 aromatic carbocycles. The van der Waals surface area contributed by atoms with Crippen LogP contribution in [0.4, 0.5) is 0 Å². The molecule has 0 rings (SSSR count). The Labute approximate surface area is 78.3 Å². The van der Waals surface area contributed by atoms with Gasteiger partial charge >= 0.3 is 0 Å². The zero-order valence-electron chi connectivity index (χ0n) is 8.85. The average Bonchev–Trinajstić information content (AvgIpc) is 2.01. The first-order valence-electron chi connectivity index (χ1n) is 4.82. The maximum absolute atomic E-state index is 3.54. The zero-order valence-corrected chi connectivity index (χ0v) is 10.0. The van der Waals surface area contributed by atoms with E-state index in [9.17, 15) is 0 Å². The number of nitrogens with zero attached hydrogens (tertiary/aromatic N) is 1. The Hall–Kier alpha value is 0.0969. The molecule has 0 amide bonds. The lowest BCUT2D eigenvalue weighted by Gasteiger charge is -2.18. The average molecular weight is 189 g/mol. The lowest BCUT2D eigenvalue weighted by molar-refractivity contribution is 0.430. The van der Waals surface area contributed by atoms with Gasteiger partial charge < -0.3 is 14.9 Å². The van der Waals surface area contributed by atoms with Crippen LogP contribution in [0.5, 0.6) is 0 Å². The maximum atomic E-state index is 3.54. The van der Waals surface area contributed by atoms with E-state index in [2.05, 4.69) is 42.8 Å². The summed E-state index contributed by atoms with van der Waals surface area (Å²) in [7, 11) is 3.43. The fraction of sp³-hybridized carbons (Fsp3) is 1.00. The van der Waals surface area contributed by atoms with Gasteiger partial charge in [0.25, 0.3) is 0 Å². The van der Waals surface area contributed by atoms with Crippen LogP contribution in [0.15, 0.2) is 0 Å². The van der Waals surface area contributed by atoms with Crippen molar-refractivity contribution in [1.29, 1.82) is 0 Å². The van der Waals surface area contributed by atoms with Gasteiger partial charge in [0.15, 0.2) is 9.12 Å². The normalized spacial score (nSPS) is 11.5. The molecule has 0 aliphatic heterocycles. The summed E-state index contributed by atoms with van der Waals surface area (Å²) < 4.78 is 0. The highest BCUT2D eigenvalue weighted by Gasteiger charge is 2.07. The number of rotatable bonds is 7. The van der Waals surface area contributed by atoms with Crippen LogP contribution < -0.4 is 9.96 Å². The minimum Gasteiger partial charge on any atom is -0.328 e. The second-order valence-corrected chi connectivity index (χ2v) is 5.76. The van der Waals surface area contributed by atoms with E-state index in [1.54, 1.807) is 0 Å². The van der Waals surface area contributed by atoms with Crippen LogP contribution in [0.3, 0.4) is 0 Å². The molecule has 0 aliphatic rings. The molecule has 74 valence electrons. The Bertz CT molecular complexity index is 92.3. The SMILES string of the molecule is CCN[SiH](CCN(C)C)NCC. The molecule has 0 radical (unpaired) electrons. The van der Waals surface area contributed by atoms with E-state index in [1.165, 1.54) is 12.6 Å². The summed E-state index contributed by atoms with van der Waals surface area (Å²) in [5.74, 6) is 0. The van der Waals surface area contributed by atoms with Gasteiger partial charge in [-0.3, -0.25) is 0 Å². The monoisotopic (exact) mass is 189 g/mol. The van der Waals surface area contributed by atoms with Crippen LogP contribution in [-0.2, 0) is 0 Å². The fourth-order valence-corrected chi connectivity index (χ4v) is 3.47. The summed E-state index contributed by atoms with van der Waals surface area (Å²) in [5.41, 5.74) is 0. The van der Waals surface area contributed by atoms with Crippen molar-refractivity contribution in [2.45, 2.75) is 19.9 Å². The van der Waals surface area contributed by atoms with E-state index in [1.807, 2.05) is 0 Å². The van der Waals surface area contributed by atoms with Crippen LogP contribution in [0.25, 0.3) is 0 Å². The molecule has 0 aromatic heterocycles. The standard InChI is InChI=1S/C8H23N3Si/c1-5-9-12(10-6-2)8-7-11(3)4/h9-10,12H,5-8H2,1-4H3. The van der Waals surface area contributed by atoms with Gasteiger partial charge in [-0.15, -0.1) is 0 Å². The predicted octanol–water partition coefficient (Wildman–Crippen LogP) is -0.0125. The van der Waals surface area contributed by atoms with Crippen molar-refractivity contribution >= 4 is 9.12 Å². The van der Waals surface area contributed by atoms with Crippen molar-refractivity contribution in [3.8, 4) is 0 Å². The third-order valence-corrected chi connectivity index (χ3v) is 4.40. The van der Waals surface area contributed by atoms with Gasteiger partial charge in [-0.05, 0) is 39.8 Å². The molecule has 0 unspecified atom stereocenters. The zero-order chi connectivity index (χ0) is 9.40. The highest BCUT2D eigenvalue weighted by atomic mass is 28.3. The van der Waals surface area contributed by atoms with Gasteiger partial charge in [0.1, 0.15) is 0 Å². The lowest BCUT2D eigenvalue weighted by atomic mass is 10.7. The third-order valence-electron chi connectivity index (χ3n) is 1.77. The molecule has 0 atom stereocenters. The quantitative estimate of drug-likeness (QED) is 0.552. The van der Waals surface area contributed by atoms with E-state index in [-0.39, 0.29) is 0 Å². The second kappa shape index (κ2) is 7.73. The van der Waals surface area contributed by atoms with Crippen molar-refractivity contribution in [3.63, 3.8) is 0 Å². The molecule has 3 nitrogen and oxygen atoms in total. The first-order valence-corrected chi connectivity index (χ1v) is 6.79. The van der Waals surface area contributed by atoms with Crippen molar-refractivity contribution in [2.75, 3.05) is 33.7 Å². The fourth-order valence-electron chi connectivity index (χ4n) is 1.16. The summed E-state index contributed by atoms with van der Waals surface area (Å²) in [4.78, 5) is 9.32. The van der Waals surface area contributed by atoms with Crippen LogP contribution in [0.1, 0.15) is 13.8 Å². The first-order chi connectivity index (χ1) is 5.70. The van der Waals surface area contributed by atoms with Crippen molar-refractivity contribution in [1.82, 2.24) is 14.9 Å². The Morgan fingerprint density at radius 3 is 1.92 bits per heavy atom. The van der Waals surface area contributed by atoms with Crippen LogP contribution in [0, 0.1) is 0 Å². The molecular formula is C8H23N3Si. The molecule has 0 spiro atoms. The summed E-state index contributed by atoms with van der Waals surface area (Å²) >= 11 is 0. The van der Waals surface area contributed by atoms with Crippen LogP contribution in [-0.4, -0.2) is 47.7 Å². The van der Waals surface area contributed by atoms with Gasteiger partial charge in [0.2, 0.25) is 0 Å². The van der Waals surface area contributed by atoms with E-state index in [0.29, 0.717) is 0 Å². The number of hydrogen-bond donors (Lipinski definition) is 2. The molecule has 12 heavy (non-hydrogen) atoms. The molecule has 0 saturated heterocycles. The molecule has 0 bridgehead atoms. The van der Waals surface area contributed by atoms with Gasteiger partial charge in [0.05, 0.1) is 0 Å². The number of nitrogens with one attached hydrogen (secondary N) is 2. The van der Waals surface area contributed by atoms with E-state index in [0.717, 1.165) is 13.1 Å². The predicted molar refractivity (Wildman–Crippen MR) is 57.9 cm³/mol. The van der Waals surface area contributed by atoms with E-state index in [4.69, 9.17) is 0 Å².